The summed E-state index contributed by atoms with van der Waals surface area (Å²) in [7, 11) is 0. The molecule has 6 heteroatoms. The zero-order valence-electron chi connectivity index (χ0n) is 14.4. The molecule has 1 fully saturated rings. The van der Waals surface area contributed by atoms with Crippen molar-refractivity contribution in [3.05, 3.63) is 46.3 Å². The van der Waals surface area contributed by atoms with Crippen molar-refractivity contribution in [2.24, 2.45) is 0 Å². The van der Waals surface area contributed by atoms with Crippen LogP contribution in [-0.4, -0.2) is 35.5 Å². The summed E-state index contributed by atoms with van der Waals surface area (Å²) < 4.78 is 10.5. The van der Waals surface area contributed by atoms with Gasteiger partial charge in [-0.05, 0) is 45.2 Å². The van der Waals surface area contributed by atoms with Crippen molar-refractivity contribution in [3.8, 4) is 0 Å². The summed E-state index contributed by atoms with van der Waals surface area (Å²) in [4.78, 5) is 38.4. The van der Waals surface area contributed by atoms with Crippen LogP contribution in [0.4, 0.5) is 0 Å². The first-order valence-corrected chi connectivity index (χ1v) is 8.48. The molecule has 2 unspecified atom stereocenters. The molecule has 1 aromatic heterocycles. The Hall–Kier alpha value is -2.63. The average molecular weight is 343 g/mol. The van der Waals surface area contributed by atoms with Gasteiger partial charge >= 0.3 is 5.97 Å². The molecule has 0 aliphatic carbocycles. The summed E-state index contributed by atoms with van der Waals surface area (Å²) in [5.41, 5.74) is -0.00930. The number of hydrogen-bond donors (Lipinski definition) is 0. The van der Waals surface area contributed by atoms with Crippen LogP contribution < -0.4 is 5.43 Å². The van der Waals surface area contributed by atoms with E-state index in [1.807, 2.05) is 13.8 Å². The number of fused-ring (bicyclic) bond motifs is 1. The van der Waals surface area contributed by atoms with E-state index in [1.165, 1.54) is 0 Å². The van der Waals surface area contributed by atoms with Crippen molar-refractivity contribution < 1.29 is 18.7 Å². The van der Waals surface area contributed by atoms with Crippen LogP contribution >= 0.6 is 0 Å². The largest absolute Gasteiger partial charge is 0.450 e. The topological polar surface area (TPSA) is 76.8 Å². The maximum Gasteiger partial charge on any atom is 0.374 e. The van der Waals surface area contributed by atoms with E-state index in [2.05, 4.69) is 0 Å². The summed E-state index contributed by atoms with van der Waals surface area (Å²) in [6.45, 7) is 3.64. The lowest BCUT2D eigenvalue weighted by Crippen LogP contribution is -2.49. The summed E-state index contributed by atoms with van der Waals surface area (Å²) in [6, 6.07) is 8.03. The highest BCUT2D eigenvalue weighted by molar-refractivity contribution is 5.90. The second kappa shape index (κ2) is 7.09. The Kier molecular flexibility index (Phi) is 4.88. The van der Waals surface area contributed by atoms with E-state index < -0.39 is 5.97 Å². The Labute approximate surface area is 145 Å². The van der Waals surface area contributed by atoms with Gasteiger partial charge in [-0.15, -0.1) is 0 Å². The van der Waals surface area contributed by atoms with Crippen LogP contribution in [0.25, 0.3) is 11.0 Å². The quantitative estimate of drug-likeness (QED) is 0.801. The normalized spacial score (nSPS) is 20.5. The summed E-state index contributed by atoms with van der Waals surface area (Å²) in [5.74, 6) is -1.24. The maximum absolute atomic E-state index is 12.4. The molecule has 2 atom stereocenters. The fourth-order valence-corrected chi connectivity index (χ4v) is 3.39. The Balaban J connectivity index is 1.70. The van der Waals surface area contributed by atoms with Gasteiger partial charge in [-0.1, -0.05) is 12.1 Å². The molecule has 1 aliphatic rings. The van der Waals surface area contributed by atoms with Gasteiger partial charge < -0.3 is 14.1 Å². The molecule has 1 aliphatic heterocycles. The Morgan fingerprint density at radius 3 is 2.60 bits per heavy atom. The van der Waals surface area contributed by atoms with E-state index >= 15 is 0 Å². The van der Waals surface area contributed by atoms with Crippen molar-refractivity contribution in [2.75, 3.05) is 6.61 Å². The molecule has 3 rings (SSSR count). The zero-order valence-corrected chi connectivity index (χ0v) is 14.4. The molecule has 25 heavy (non-hydrogen) atoms. The fraction of sp³-hybridized carbons (Fsp3) is 0.421. The number of likely N-dealkylation sites (tertiary alicyclic amines) is 1. The number of hydrogen-bond acceptors (Lipinski definition) is 5. The molecule has 0 bridgehead atoms. The summed E-state index contributed by atoms with van der Waals surface area (Å²) >= 11 is 0. The van der Waals surface area contributed by atoms with Crippen molar-refractivity contribution >= 4 is 22.8 Å². The summed E-state index contributed by atoms with van der Waals surface area (Å²) in [6.07, 6.45) is 2.99. The zero-order chi connectivity index (χ0) is 18.0. The first kappa shape index (κ1) is 17.2. The highest BCUT2D eigenvalue weighted by Gasteiger charge is 2.29. The van der Waals surface area contributed by atoms with E-state index in [1.54, 1.807) is 29.2 Å². The molecule has 1 saturated heterocycles. The van der Waals surface area contributed by atoms with E-state index in [-0.39, 0.29) is 35.8 Å². The SMILES string of the molecule is CC1CCCC(C)N1C(=O)COC(=O)c1cc(=O)c2ccccc2o1. The minimum atomic E-state index is -0.812. The number of rotatable bonds is 3. The van der Waals surface area contributed by atoms with Gasteiger partial charge in [0.15, 0.2) is 12.0 Å². The third kappa shape index (κ3) is 3.57. The minimum Gasteiger partial charge on any atom is -0.450 e. The summed E-state index contributed by atoms with van der Waals surface area (Å²) in [5, 5.41) is 0.395. The highest BCUT2D eigenvalue weighted by Crippen LogP contribution is 2.22. The van der Waals surface area contributed by atoms with Gasteiger partial charge in [0.05, 0.1) is 5.39 Å². The van der Waals surface area contributed by atoms with E-state index in [0.717, 1.165) is 25.3 Å². The number of ether oxygens (including phenoxy) is 1. The lowest BCUT2D eigenvalue weighted by Gasteiger charge is -2.38. The number of benzene rings is 1. The average Bonchev–Trinajstić information content (AvgIpc) is 2.59. The van der Waals surface area contributed by atoms with Gasteiger partial charge in [0.2, 0.25) is 5.76 Å². The smallest absolute Gasteiger partial charge is 0.374 e. The molecule has 0 saturated carbocycles. The van der Waals surface area contributed by atoms with Crippen LogP contribution in [0.1, 0.15) is 43.7 Å². The second-order valence-electron chi connectivity index (χ2n) is 6.48. The molecular formula is C19H21NO5. The Bertz CT molecular complexity index is 846. The molecule has 0 spiro atoms. The number of carbonyl (C=O) groups excluding carboxylic acids is 2. The predicted octanol–water partition coefficient (Wildman–Crippen LogP) is 2.74. The lowest BCUT2D eigenvalue weighted by molar-refractivity contribution is -0.140. The molecule has 132 valence electrons. The molecule has 2 heterocycles. The third-order valence-corrected chi connectivity index (χ3v) is 4.64. The monoisotopic (exact) mass is 343 g/mol. The number of nitrogens with zero attached hydrogens (tertiary/aromatic N) is 1. The fourth-order valence-electron chi connectivity index (χ4n) is 3.39. The number of amides is 1. The van der Waals surface area contributed by atoms with Gasteiger partial charge in [-0.3, -0.25) is 9.59 Å². The van der Waals surface area contributed by atoms with Crippen LogP contribution in [0.2, 0.25) is 0 Å². The first-order valence-electron chi connectivity index (χ1n) is 8.48. The third-order valence-electron chi connectivity index (χ3n) is 4.64. The lowest BCUT2D eigenvalue weighted by atomic mass is 9.97. The van der Waals surface area contributed by atoms with E-state index in [0.29, 0.717) is 11.0 Å². The van der Waals surface area contributed by atoms with Crippen molar-refractivity contribution in [3.63, 3.8) is 0 Å². The highest BCUT2D eigenvalue weighted by atomic mass is 16.5. The molecule has 0 N–H and O–H groups in total. The van der Waals surface area contributed by atoms with Crippen LogP contribution in [0.5, 0.6) is 0 Å². The standard InChI is InChI=1S/C19H21NO5/c1-12-6-5-7-13(2)20(12)18(22)11-24-19(23)17-10-15(21)14-8-3-4-9-16(14)25-17/h3-4,8-10,12-13H,5-7,11H2,1-2H3. The molecule has 2 aromatic rings. The number of para-hydroxylation sites is 1. The Morgan fingerprint density at radius 2 is 1.88 bits per heavy atom. The van der Waals surface area contributed by atoms with Crippen LogP contribution in [-0.2, 0) is 9.53 Å². The van der Waals surface area contributed by atoms with Crippen LogP contribution in [0.3, 0.4) is 0 Å². The van der Waals surface area contributed by atoms with Gasteiger partial charge in [0.25, 0.3) is 5.91 Å². The maximum atomic E-state index is 12.4. The molecule has 0 radical (unpaired) electrons. The number of carbonyl (C=O) groups is 2. The van der Waals surface area contributed by atoms with E-state index in [9.17, 15) is 14.4 Å². The molecule has 6 nitrogen and oxygen atoms in total. The van der Waals surface area contributed by atoms with Gasteiger partial charge in [-0.2, -0.15) is 0 Å². The van der Waals surface area contributed by atoms with Crippen molar-refractivity contribution in [2.45, 2.75) is 45.2 Å². The predicted molar refractivity (Wildman–Crippen MR) is 92.4 cm³/mol. The van der Waals surface area contributed by atoms with Gasteiger partial charge in [-0.25, -0.2) is 4.79 Å². The van der Waals surface area contributed by atoms with Crippen LogP contribution in [0, 0.1) is 0 Å². The molecule has 1 aromatic carbocycles. The number of esters is 1. The van der Waals surface area contributed by atoms with E-state index in [4.69, 9.17) is 9.15 Å². The van der Waals surface area contributed by atoms with Crippen molar-refractivity contribution in [1.29, 1.82) is 0 Å². The Morgan fingerprint density at radius 1 is 1.20 bits per heavy atom. The minimum absolute atomic E-state index is 0.133. The van der Waals surface area contributed by atoms with Gasteiger partial charge in [0.1, 0.15) is 5.58 Å². The molecular weight excluding hydrogens is 322 g/mol. The van der Waals surface area contributed by atoms with Crippen LogP contribution in [0.15, 0.2) is 39.5 Å². The molecule has 1 amide bonds. The van der Waals surface area contributed by atoms with Crippen molar-refractivity contribution in [1.82, 2.24) is 4.90 Å². The number of piperidine rings is 1. The first-order chi connectivity index (χ1) is 12.0. The second-order valence-corrected chi connectivity index (χ2v) is 6.48. The van der Waals surface area contributed by atoms with Gasteiger partial charge in [0, 0.05) is 18.2 Å².